The molecule has 0 radical (unpaired) electrons. The fourth-order valence-corrected chi connectivity index (χ4v) is 3.97. The summed E-state index contributed by atoms with van der Waals surface area (Å²) < 4.78 is 12.4. The Balaban J connectivity index is 1.89. The van der Waals surface area contributed by atoms with Gasteiger partial charge < -0.3 is 9.26 Å². The lowest BCUT2D eigenvalue weighted by Gasteiger charge is -2.13. The number of carbonyl (C=O) groups is 1. The quantitative estimate of drug-likeness (QED) is 0.230. The van der Waals surface area contributed by atoms with Crippen LogP contribution in [0.2, 0.25) is 5.02 Å². The maximum atomic E-state index is 12.7. The second-order valence-electron chi connectivity index (χ2n) is 7.77. The minimum Gasteiger partial charge on any atom is -0.450 e. The molecule has 170 valence electrons. The van der Waals surface area contributed by atoms with Crippen LogP contribution < -0.4 is 0 Å². The minimum atomic E-state index is -0.612. The van der Waals surface area contributed by atoms with E-state index in [2.05, 4.69) is 29.1 Å². The number of hydrogen-bond donors (Lipinski definition) is 0. The highest BCUT2D eigenvalue weighted by atomic mass is 35.5. The minimum absolute atomic E-state index is 0.00109. The summed E-state index contributed by atoms with van der Waals surface area (Å²) in [4.78, 5) is 17.2. The first-order chi connectivity index (χ1) is 15.9. The van der Waals surface area contributed by atoms with Gasteiger partial charge in [-0.25, -0.2) is 9.48 Å². The van der Waals surface area contributed by atoms with E-state index in [4.69, 9.17) is 20.9 Å². The van der Waals surface area contributed by atoms with Gasteiger partial charge in [0.05, 0.1) is 5.69 Å². The second-order valence-corrected chi connectivity index (χ2v) is 8.96. The lowest BCUT2D eigenvalue weighted by atomic mass is 10.0. The Kier molecular flexibility index (Phi) is 6.85. The van der Waals surface area contributed by atoms with E-state index in [1.165, 1.54) is 11.8 Å². The number of ether oxygens (including phenoxy) is 1. The average Bonchev–Trinajstić information content (AvgIpc) is 3.42. The molecular weight excluding hydrogens is 460 g/mol. The highest BCUT2D eigenvalue weighted by Gasteiger charge is 2.29. The van der Waals surface area contributed by atoms with E-state index >= 15 is 0 Å². The van der Waals surface area contributed by atoms with Crippen LogP contribution in [0.4, 0.5) is 0 Å². The summed E-state index contributed by atoms with van der Waals surface area (Å²) in [6.07, 6.45) is 1.84. The van der Waals surface area contributed by atoms with Crippen LogP contribution in [0.1, 0.15) is 41.4 Å². The van der Waals surface area contributed by atoms with Crippen LogP contribution in [-0.2, 0) is 4.74 Å². The molecule has 0 unspecified atom stereocenters. The smallest absolute Gasteiger partial charge is 0.361 e. The fraction of sp³-hybridized carbons (Fsp3) is 0.250. The molecule has 0 saturated carbocycles. The summed E-state index contributed by atoms with van der Waals surface area (Å²) in [7, 11) is 0. The van der Waals surface area contributed by atoms with Crippen LogP contribution in [0, 0.1) is 6.92 Å². The van der Waals surface area contributed by atoms with Crippen molar-refractivity contribution in [1.29, 1.82) is 0 Å². The Morgan fingerprint density at radius 3 is 2.73 bits per heavy atom. The number of halogens is 1. The Hall–Kier alpha value is -3.10. The predicted octanol–water partition coefficient (Wildman–Crippen LogP) is 6.15. The van der Waals surface area contributed by atoms with Crippen LogP contribution in [-0.4, -0.2) is 38.1 Å². The number of thioether (sulfide) groups is 1. The van der Waals surface area contributed by atoms with E-state index in [1.54, 1.807) is 4.68 Å². The van der Waals surface area contributed by atoms with Crippen LogP contribution in [0.25, 0.3) is 28.7 Å². The van der Waals surface area contributed by atoms with Gasteiger partial charge in [0, 0.05) is 5.56 Å². The van der Waals surface area contributed by atoms with E-state index < -0.39 is 5.97 Å². The third-order valence-electron chi connectivity index (χ3n) is 5.02. The van der Waals surface area contributed by atoms with Crippen molar-refractivity contribution in [3.05, 3.63) is 70.4 Å². The summed E-state index contributed by atoms with van der Waals surface area (Å²) in [5, 5.41) is 8.80. The van der Waals surface area contributed by atoms with Gasteiger partial charge in [0.25, 0.3) is 5.89 Å². The number of nitrogens with zero attached hydrogens (tertiary/aromatic N) is 4. The molecule has 0 fully saturated rings. The zero-order chi connectivity index (χ0) is 23.5. The van der Waals surface area contributed by atoms with Gasteiger partial charge in [-0.15, -0.1) is 11.8 Å². The topological polar surface area (TPSA) is 83.0 Å². The van der Waals surface area contributed by atoms with Crippen molar-refractivity contribution in [2.24, 2.45) is 0 Å². The number of para-hydroxylation sites is 1. The predicted molar refractivity (Wildman–Crippen MR) is 130 cm³/mol. The number of carbonyl (C=O) groups excluding carboxylic acids is 1. The van der Waals surface area contributed by atoms with Crippen molar-refractivity contribution < 1.29 is 14.1 Å². The van der Waals surface area contributed by atoms with Gasteiger partial charge >= 0.3 is 5.97 Å². The molecule has 4 rings (SSSR count). The van der Waals surface area contributed by atoms with Crippen LogP contribution in [0.15, 0.2) is 53.1 Å². The molecule has 0 saturated heterocycles. The van der Waals surface area contributed by atoms with E-state index in [9.17, 15) is 4.79 Å². The molecule has 0 aliphatic heterocycles. The van der Waals surface area contributed by atoms with E-state index in [0.717, 1.165) is 22.4 Å². The molecule has 0 amide bonds. The van der Waals surface area contributed by atoms with Crippen LogP contribution >= 0.6 is 23.4 Å². The SMILES string of the molecule is CSCOC(=O)c1nn(-c2ccccc2C(C)C)c(-c2noc(-c3cccc(C)c3)n2)c1Cl. The van der Waals surface area contributed by atoms with Crippen molar-refractivity contribution in [3.8, 4) is 28.7 Å². The fourth-order valence-electron chi connectivity index (χ4n) is 3.46. The molecule has 2 aromatic heterocycles. The summed E-state index contributed by atoms with van der Waals surface area (Å²) >= 11 is 8.07. The largest absolute Gasteiger partial charge is 0.450 e. The molecule has 0 spiro atoms. The van der Waals surface area contributed by atoms with E-state index in [0.29, 0.717) is 11.6 Å². The standard InChI is InChI=1S/C24H23ClN4O3S/c1-14(2)17-10-5-6-11-18(17)29-21(19(25)20(27-29)24(30)31-13-33-4)22-26-23(32-28-22)16-9-7-8-15(3)12-16/h5-12,14H,13H2,1-4H3. The van der Waals surface area contributed by atoms with Gasteiger partial charge in [0.1, 0.15) is 16.7 Å². The summed E-state index contributed by atoms with van der Waals surface area (Å²) in [5.74, 6) is 0.364. The van der Waals surface area contributed by atoms with E-state index in [1.807, 2.05) is 61.7 Å². The number of aromatic nitrogens is 4. The molecule has 4 aromatic rings. The van der Waals surface area contributed by atoms with Crippen molar-refractivity contribution in [1.82, 2.24) is 19.9 Å². The van der Waals surface area contributed by atoms with Crippen molar-refractivity contribution >= 4 is 29.3 Å². The Bertz CT molecular complexity index is 1300. The Morgan fingerprint density at radius 2 is 2.00 bits per heavy atom. The first-order valence-electron chi connectivity index (χ1n) is 10.4. The van der Waals surface area contributed by atoms with Gasteiger partial charge in [-0.3, -0.25) is 0 Å². The average molecular weight is 483 g/mol. The van der Waals surface area contributed by atoms with Crippen molar-refractivity contribution in [2.45, 2.75) is 26.7 Å². The van der Waals surface area contributed by atoms with E-state index in [-0.39, 0.29) is 28.4 Å². The van der Waals surface area contributed by atoms with Crippen LogP contribution in [0.5, 0.6) is 0 Å². The number of aryl methyl sites for hydroxylation is 1. The Morgan fingerprint density at radius 1 is 1.21 bits per heavy atom. The molecule has 7 nitrogen and oxygen atoms in total. The zero-order valence-electron chi connectivity index (χ0n) is 18.7. The van der Waals surface area contributed by atoms with Gasteiger partial charge in [0.15, 0.2) is 5.69 Å². The van der Waals surface area contributed by atoms with Crippen LogP contribution in [0.3, 0.4) is 0 Å². The molecule has 0 aliphatic rings. The first kappa shape index (κ1) is 23.1. The van der Waals surface area contributed by atoms with Crippen molar-refractivity contribution in [2.75, 3.05) is 12.2 Å². The highest BCUT2D eigenvalue weighted by molar-refractivity contribution is 7.98. The lowest BCUT2D eigenvalue weighted by molar-refractivity contribution is 0.0572. The lowest BCUT2D eigenvalue weighted by Crippen LogP contribution is -2.08. The molecule has 2 aromatic carbocycles. The normalized spacial score (nSPS) is 11.2. The van der Waals surface area contributed by atoms with Crippen molar-refractivity contribution in [3.63, 3.8) is 0 Å². The molecule has 33 heavy (non-hydrogen) atoms. The third kappa shape index (κ3) is 4.67. The highest BCUT2D eigenvalue weighted by Crippen LogP contribution is 2.35. The van der Waals surface area contributed by atoms with Gasteiger partial charge in [-0.1, -0.05) is 66.5 Å². The number of hydrogen-bond acceptors (Lipinski definition) is 7. The molecule has 2 heterocycles. The molecule has 0 atom stereocenters. The molecule has 0 bridgehead atoms. The number of benzene rings is 2. The second kappa shape index (κ2) is 9.80. The number of esters is 1. The maximum Gasteiger partial charge on any atom is 0.361 e. The third-order valence-corrected chi connectivity index (χ3v) is 5.73. The van der Waals surface area contributed by atoms with Gasteiger partial charge in [-0.05, 0) is 42.9 Å². The summed E-state index contributed by atoms with van der Waals surface area (Å²) in [6, 6.07) is 15.5. The molecule has 0 N–H and O–H groups in total. The van der Waals surface area contributed by atoms with Gasteiger partial charge in [0.2, 0.25) is 5.82 Å². The monoisotopic (exact) mass is 482 g/mol. The molecule has 0 aliphatic carbocycles. The summed E-state index contributed by atoms with van der Waals surface area (Å²) in [6.45, 7) is 6.16. The molecule has 9 heteroatoms. The Labute approximate surface area is 201 Å². The number of rotatable bonds is 7. The maximum absolute atomic E-state index is 12.7. The summed E-state index contributed by atoms with van der Waals surface area (Å²) in [5.41, 5.74) is 4.03. The first-order valence-corrected chi connectivity index (χ1v) is 12.1. The zero-order valence-corrected chi connectivity index (χ0v) is 20.3. The molecular formula is C24H23ClN4O3S. The van der Waals surface area contributed by atoms with Gasteiger partial charge in [-0.2, -0.15) is 10.1 Å².